The van der Waals surface area contributed by atoms with Crippen LogP contribution in [0.5, 0.6) is 0 Å². The normalized spacial score (nSPS) is 20.1. The first-order valence-electron chi connectivity index (χ1n) is 12.0. The Balaban J connectivity index is 1.85. The van der Waals surface area contributed by atoms with E-state index in [-0.39, 0.29) is 12.6 Å². The molecule has 4 atom stereocenters. The molecule has 178 valence electrons. The fraction of sp³-hybridized carbons (Fsp3) is 0.654. The molecule has 1 saturated carbocycles. The molecule has 1 aromatic rings. The van der Waals surface area contributed by atoms with Crippen LogP contribution in [0.25, 0.3) is 0 Å². The fourth-order valence-corrected chi connectivity index (χ4v) is 4.06. The molecule has 0 aliphatic heterocycles. The lowest BCUT2D eigenvalue weighted by molar-refractivity contribution is -0.174. The van der Waals surface area contributed by atoms with Gasteiger partial charge in [-0.05, 0) is 37.7 Å². The van der Waals surface area contributed by atoms with Gasteiger partial charge in [0.25, 0.3) is 0 Å². The number of carbonyl (C=O) groups excluding carboxylic acids is 3. The van der Waals surface area contributed by atoms with Gasteiger partial charge in [0.2, 0.25) is 0 Å². The van der Waals surface area contributed by atoms with Crippen molar-refractivity contribution in [1.82, 2.24) is 0 Å². The zero-order valence-electron chi connectivity index (χ0n) is 19.7. The van der Waals surface area contributed by atoms with Crippen molar-refractivity contribution in [2.24, 2.45) is 17.8 Å². The first kappa shape index (κ1) is 25.9. The number of unbranched alkanes of at least 4 members (excludes halogenated alkanes) is 1. The first-order valence-corrected chi connectivity index (χ1v) is 12.0. The monoisotopic (exact) mass is 446 g/mol. The fourth-order valence-electron chi connectivity index (χ4n) is 4.06. The van der Waals surface area contributed by atoms with Crippen LogP contribution in [0.1, 0.15) is 77.7 Å². The summed E-state index contributed by atoms with van der Waals surface area (Å²) in [6.07, 6.45) is 6.02. The maximum atomic E-state index is 12.8. The van der Waals surface area contributed by atoms with Crippen molar-refractivity contribution >= 4 is 17.9 Å². The zero-order valence-corrected chi connectivity index (χ0v) is 19.7. The second kappa shape index (κ2) is 13.9. The molecule has 0 N–H and O–H groups in total. The van der Waals surface area contributed by atoms with E-state index in [0.717, 1.165) is 44.1 Å². The maximum absolute atomic E-state index is 12.8. The highest BCUT2D eigenvalue weighted by molar-refractivity contribution is 5.84. The molecular formula is C26H38O6. The minimum absolute atomic E-state index is 0.178. The van der Waals surface area contributed by atoms with Crippen molar-refractivity contribution < 1.29 is 28.6 Å². The molecule has 0 spiro atoms. The molecule has 2 rings (SSSR count). The van der Waals surface area contributed by atoms with Gasteiger partial charge in [0.05, 0.1) is 18.4 Å². The Morgan fingerprint density at radius 2 is 1.62 bits per heavy atom. The third-order valence-electron chi connectivity index (χ3n) is 6.22. The van der Waals surface area contributed by atoms with E-state index in [2.05, 4.69) is 13.8 Å². The van der Waals surface area contributed by atoms with E-state index < -0.39 is 29.9 Å². The Hall–Kier alpha value is -2.37. The van der Waals surface area contributed by atoms with Crippen molar-refractivity contribution in [3.63, 3.8) is 0 Å². The van der Waals surface area contributed by atoms with Gasteiger partial charge < -0.3 is 14.2 Å². The van der Waals surface area contributed by atoms with Crippen molar-refractivity contribution in [1.29, 1.82) is 0 Å². The van der Waals surface area contributed by atoms with E-state index in [1.807, 2.05) is 30.3 Å². The number of hydrogen-bond acceptors (Lipinski definition) is 6. The van der Waals surface area contributed by atoms with E-state index in [9.17, 15) is 14.4 Å². The summed E-state index contributed by atoms with van der Waals surface area (Å²) >= 11 is 0. The summed E-state index contributed by atoms with van der Waals surface area (Å²) in [4.78, 5) is 37.8. The molecule has 32 heavy (non-hydrogen) atoms. The third kappa shape index (κ3) is 8.29. The molecule has 2 unspecified atom stereocenters. The van der Waals surface area contributed by atoms with Gasteiger partial charge in [0, 0.05) is 0 Å². The van der Waals surface area contributed by atoms with Gasteiger partial charge in [-0.15, -0.1) is 0 Å². The van der Waals surface area contributed by atoms with Crippen LogP contribution < -0.4 is 0 Å². The Morgan fingerprint density at radius 3 is 2.25 bits per heavy atom. The second-order valence-electron chi connectivity index (χ2n) is 8.72. The van der Waals surface area contributed by atoms with E-state index >= 15 is 0 Å². The summed E-state index contributed by atoms with van der Waals surface area (Å²) in [5.41, 5.74) is 0.900. The molecule has 0 radical (unpaired) electrons. The van der Waals surface area contributed by atoms with Gasteiger partial charge in [-0.1, -0.05) is 76.3 Å². The first-order chi connectivity index (χ1) is 15.5. The SMILES string of the molecule is CCCCC(CC)COC(=O)C(C)OC(=O)[C@@H]1CCCC[C@@H]1C(=O)OCc1ccccc1. The molecular weight excluding hydrogens is 408 g/mol. The largest absolute Gasteiger partial charge is 0.463 e. The number of ether oxygens (including phenoxy) is 3. The smallest absolute Gasteiger partial charge is 0.347 e. The minimum atomic E-state index is -0.992. The molecule has 1 fully saturated rings. The molecule has 0 aromatic heterocycles. The molecule has 1 aliphatic carbocycles. The molecule has 0 amide bonds. The summed E-state index contributed by atoms with van der Waals surface area (Å²) < 4.78 is 16.3. The van der Waals surface area contributed by atoms with Crippen LogP contribution in [0, 0.1) is 17.8 Å². The van der Waals surface area contributed by atoms with Crippen molar-refractivity contribution in [2.45, 2.75) is 84.8 Å². The number of benzene rings is 1. The lowest BCUT2D eigenvalue weighted by Gasteiger charge is -2.29. The molecule has 1 aliphatic rings. The Bertz CT molecular complexity index is 716. The predicted octanol–water partition coefficient (Wildman–Crippen LogP) is 5.23. The van der Waals surface area contributed by atoms with E-state index in [1.54, 1.807) is 0 Å². The van der Waals surface area contributed by atoms with E-state index in [4.69, 9.17) is 14.2 Å². The summed E-state index contributed by atoms with van der Waals surface area (Å²) in [6.45, 7) is 6.26. The number of esters is 3. The Labute approximate surface area is 192 Å². The van der Waals surface area contributed by atoms with Crippen LogP contribution >= 0.6 is 0 Å². The Morgan fingerprint density at radius 1 is 0.969 bits per heavy atom. The number of rotatable bonds is 12. The highest BCUT2D eigenvalue weighted by Gasteiger charge is 2.39. The van der Waals surface area contributed by atoms with Gasteiger partial charge >= 0.3 is 17.9 Å². The number of hydrogen-bond donors (Lipinski definition) is 0. The third-order valence-corrected chi connectivity index (χ3v) is 6.22. The lowest BCUT2D eigenvalue weighted by atomic mass is 9.79. The molecule has 6 nitrogen and oxygen atoms in total. The summed E-state index contributed by atoms with van der Waals surface area (Å²) in [6, 6.07) is 9.45. The van der Waals surface area contributed by atoms with Crippen molar-refractivity contribution in [3.8, 4) is 0 Å². The molecule has 0 bridgehead atoms. The number of carbonyl (C=O) groups is 3. The molecule has 1 aromatic carbocycles. The second-order valence-corrected chi connectivity index (χ2v) is 8.72. The molecule has 6 heteroatoms. The van der Waals surface area contributed by atoms with Crippen LogP contribution in [0.3, 0.4) is 0 Å². The van der Waals surface area contributed by atoms with Gasteiger partial charge in [0.15, 0.2) is 6.10 Å². The van der Waals surface area contributed by atoms with Gasteiger partial charge in [0.1, 0.15) is 6.61 Å². The zero-order chi connectivity index (χ0) is 23.3. The average Bonchev–Trinajstić information content (AvgIpc) is 2.83. The minimum Gasteiger partial charge on any atom is -0.463 e. The lowest BCUT2D eigenvalue weighted by Crippen LogP contribution is -2.38. The van der Waals surface area contributed by atoms with Crippen molar-refractivity contribution in [3.05, 3.63) is 35.9 Å². The van der Waals surface area contributed by atoms with E-state index in [0.29, 0.717) is 25.4 Å². The van der Waals surface area contributed by atoms with Crippen LogP contribution in [-0.4, -0.2) is 30.6 Å². The molecule has 0 heterocycles. The van der Waals surface area contributed by atoms with Gasteiger partial charge in [-0.2, -0.15) is 0 Å². The molecule has 0 saturated heterocycles. The van der Waals surface area contributed by atoms with Gasteiger partial charge in [-0.25, -0.2) is 4.79 Å². The maximum Gasteiger partial charge on any atom is 0.347 e. The van der Waals surface area contributed by atoms with Crippen molar-refractivity contribution in [2.75, 3.05) is 6.61 Å². The summed E-state index contributed by atoms with van der Waals surface area (Å²) in [5, 5.41) is 0. The van der Waals surface area contributed by atoms with Crippen LogP contribution in [0.15, 0.2) is 30.3 Å². The average molecular weight is 447 g/mol. The van der Waals surface area contributed by atoms with E-state index in [1.165, 1.54) is 6.92 Å². The van der Waals surface area contributed by atoms with Crippen LogP contribution in [0.4, 0.5) is 0 Å². The standard InChI is InChI=1S/C26H38O6/c1-4-6-12-20(5-2)17-30-24(27)19(3)32-26(29)23-16-11-10-15-22(23)25(28)31-18-21-13-8-7-9-14-21/h7-9,13-14,19-20,22-23H,4-6,10-12,15-18H2,1-3H3/t19?,20?,22-,23+/m0/s1. The Kier molecular flexibility index (Phi) is 11.3. The summed E-state index contributed by atoms with van der Waals surface area (Å²) in [5.74, 6) is -2.24. The van der Waals surface area contributed by atoms with Crippen LogP contribution in [-0.2, 0) is 35.2 Å². The van der Waals surface area contributed by atoms with Gasteiger partial charge in [-0.3, -0.25) is 9.59 Å². The predicted molar refractivity (Wildman–Crippen MR) is 122 cm³/mol. The summed E-state index contributed by atoms with van der Waals surface area (Å²) in [7, 11) is 0. The highest BCUT2D eigenvalue weighted by Crippen LogP contribution is 2.32. The highest BCUT2D eigenvalue weighted by atomic mass is 16.6. The topological polar surface area (TPSA) is 78.9 Å². The van der Waals surface area contributed by atoms with Crippen LogP contribution in [0.2, 0.25) is 0 Å². The quantitative estimate of drug-likeness (QED) is 0.323.